The molecule has 5 heteroatoms. The highest BCUT2D eigenvalue weighted by Crippen LogP contribution is 2.18. The van der Waals surface area contributed by atoms with Crippen molar-refractivity contribution in [3.63, 3.8) is 0 Å². The Morgan fingerprint density at radius 2 is 2.40 bits per heavy atom. The maximum absolute atomic E-state index is 13.0. The van der Waals surface area contributed by atoms with Crippen LogP contribution >= 0.6 is 11.8 Å². The molecule has 1 heterocycles. The second-order valence-electron chi connectivity index (χ2n) is 2.97. The van der Waals surface area contributed by atoms with Crippen molar-refractivity contribution in [1.29, 1.82) is 5.26 Å². The molecular weight excluding hydrogens is 213 g/mol. The summed E-state index contributed by atoms with van der Waals surface area (Å²) in [7, 11) is 0. The molecule has 15 heavy (non-hydrogen) atoms. The van der Waals surface area contributed by atoms with Crippen molar-refractivity contribution in [3.8, 4) is 6.07 Å². The second-order valence-corrected chi connectivity index (χ2v) is 4.05. The summed E-state index contributed by atoms with van der Waals surface area (Å²) in [6.45, 7) is 0.805. The fourth-order valence-corrected chi connectivity index (χ4v) is 1.97. The van der Waals surface area contributed by atoms with Gasteiger partial charge in [-0.05, 0) is 18.2 Å². The van der Waals surface area contributed by atoms with Crippen LogP contribution in [0, 0.1) is 17.1 Å². The van der Waals surface area contributed by atoms with Gasteiger partial charge in [0.05, 0.1) is 12.1 Å². The third-order valence-corrected chi connectivity index (χ3v) is 2.81. The van der Waals surface area contributed by atoms with Gasteiger partial charge in [-0.25, -0.2) is 4.39 Å². The van der Waals surface area contributed by atoms with E-state index in [2.05, 4.69) is 10.3 Å². The Balaban J connectivity index is 2.19. The van der Waals surface area contributed by atoms with Crippen molar-refractivity contribution in [3.05, 3.63) is 29.6 Å². The maximum atomic E-state index is 13.0. The molecule has 0 fully saturated rings. The van der Waals surface area contributed by atoms with Gasteiger partial charge in [-0.1, -0.05) is 11.8 Å². The van der Waals surface area contributed by atoms with E-state index in [0.717, 1.165) is 17.5 Å². The maximum Gasteiger partial charge on any atom is 0.161 e. The van der Waals surface area contributed by atoms with Crippen LogP contribution in [0.15, 0.2) is 23.2 Å². The summed E-state index contributed by atoms with van der Waals surface area (Å²) in [6.07, 6.45) is 0. The summed E-state index contributed by atoms with van der Waals surface area (Å²) in [5.74, 6) is 0.471. The molecule has 0 spiro atoms. The highest BCUT2D eigenvalue weighted by molar-refractivity contribution is 8.14. The molecule has 76 valence electrons. The summed E-state index contributed by atoms with van der Waals surface area (Å²) >= 11 is 1.62. The first-order valence-corrected chi connectivity index (χ1v) is 5.42. The molecule has 0 aromatic heterocycles. The first-order chi connectivity index (χ1) is 7.29. The normalized spacial score (nSPS) is 14.5. The molecule has 2 rings (SSSR count). The van der Waals surface area contributed by atoms with E-state index in [9.17, 15) is 4.39 Å². The number of hydrogen-bond donors (Lipinski definition) is 1. The first-order valence-electron chi connectivity index (χ1n) is 4.43. The molecule has 0 amide bonds. The Hall–Kier alpha value is -1.54. The zero-order chi connectivity index (χ0) is 10.7. The smallest absolute Gasteiger partial charge is 0.161 e. The third-order valence-electron chi connectivity index (χ3n) is 1.92. The molecule has 0 bridgehead atoms. The van der Waals surface area contributed by atoms with E-state index in [4.69, 9.17) is 5.26 Å². The van der Waals surface area contributed by atoms with Gasteiger partial charge >= 0.3 is 0 Å². The molecule has 0 atom stereocenters. The van der Waals surface area contributed by atoms with Crippen LogP contribution in [-0.2, 0) is 0 Å². The number of thioether (sulfide) groups is 1. The fraction of sp³-hybridized carbons (Fsp3) is 0.200. The van der Waals surface area contributed by atoms with E-state index in [1.165, 1.54) is 12.1 Å². The summed E-state index contributed by atoms with van der Waals surface area (Å²) in [4.78, 5) is 4.20. The van der Waals surface area contributed by atoms with E-state index < -0.39 is 5.82 Å². The second kappa shape index (κ2) is 4.32. The molecule has 0 saturated heterocycles. The van der Waals surface area contributed by atoms with Crippen LogP contribution in [0.2, 0.25) is 0 Å². The van der Waals surface area contributed by atoms with E-state index in [1.54, 1.807) is 23.9 Å². The lowest BCUT2D eigenvalue weighted by Gasteiger charge is -2.05. The fourth-order valence-electron chi connectivity index (χ4n) is 1.22. The SMILES string of the molecule is N#Cc1cc(NC2=NCCS2)ccc1F. The topological polar surface area (TPSA) is 48.2 Å². The quantitative estimate of drug-likeness (QED) is 0.791. The molecule has 1 N–H and O–H groups in total. The summed E-state index contributed by atoms with van der Waals surface area (Å²) < 4.78 is 13.0. The zero-order valence-corrected chi connectivity index (χ0v) is 8.64. The molecular formula is C10H8FN3S. The number of nitrogens with one attached hydrogen (secondary N) is 1. The molecule has 0 saturated carbocycles. The minimum absolute atomic E-state index is 0.0450. The van der Waals surface area contributed by atoms with Crippen molar-refractivity contribution in [2.24, 2.45) is 4.99 Å². The average Bonchev–Trinajstić information content (AvgIpc) is 2.73. The average molecular weight is 221 g/mol. The number of hydrogen-bond acceptors (Lipinski definition) is 4. The van der Waals surface area contributed by atoms with Gasteiger partial charge in [-0.15, -0.1) is 0 Å². The van der Waals surface area contributed by atoms with Gasteiger partial charge < -0.3 is 5.32 Å². The first kappa shape index (κ1) is 9.99. The molecule has 0 aliphatic carbocycles. The summed E-state index contributed by atoms with van der Waals surface area (Å²) in [5, 5.41) is 12.5. The molecule has 3 nitrogen and oxygen atoms in total. The number of benzene rings is 1. The molecule has 0 unspecified atom stereocenters. The lowest BCUT2D eigenvalue weighted by atomic mass is 10.2. The van der Waals surface area contributed by atoms with E-state index in [1.807, 2.05) is 0 Å². The largest absolute Gasteiger partial charge is 0.335 e. The van der Waals surface area contributed by atoms with Gasteiger partial charge in [0.15, 0.2) is 5.17 Å². The zero-order valence-electron chi connectivity index (χ0n) is 7.83. The lowest BCUT2D eigenvalue weighted by Crippen LogP contribution is -2.05. The van der Waals surface area contributed by atoms with Gasteiger partial charge in [-0.2, -0.15) is 5.26 Å². The van der Waals surface area contributed by atoms with Crippen molar-refractivity contribution in [2.45, 2.75) is 0 Å². The minimum atomic E-state index is -0.496. The predicted octanol–water partition coefficient (Wildman–Crippen LogP) is 2.21. The molecule has 1 aromatic carbocycles. The van der Waals surface area contributed by atoms with Crippen LogP contribution < -0.4 is 5.32 Å². The standard InChI is InChI=1S/C10H8FN3S/c11-9-2-1-8(5-7(9)6-12)14-10-13-3-4-15-10/h1-2,5H,3-4H2,(H,13,14). The molecule has 0 radical (unpaired) electrons. The van der Waals surface area contributed by atoms with Crippen LogP contribution in [0.25, 0.3) is 0 Å². The molecule has 1 aromatic rings. The number of rotatable bonds is 1. The third kappa shape index (κ3) is 2.28. The number of amidine groups is 1. The molecule has 1 aliphatic rings. The van der Waals surface area contributed by atoms with Gasteiger partial charge in [0.1, 0.15) is 11.9 Å². The number of nitrogens with zero attached hydrogens (tertiary/aromatic N) is 2. The monoisotopic (exact) mass is 221 g/mol. The Morgan fingerprint density at radius 1 is 1.53 bits per heavy atom. The summed E-state index contributed by atoms with van der Waals surface area (Å²) in [5.41, 5.74) is 0.740. The number of nitriles is 1. The van der Waals surface area contributed by atoms with Gasteiger partial charge in [0.25, 0.3) is 0 Å². The van der Waals surface area contributed by atoms with Crippen molar-refractivity contribution >= 4 is 22.6 Å². The molecule has 1 aliphatic heterocycles. The van der Waals surface area contributed by atoms with Crippen LogP contribution in [0.1, 0.15) is 5.56 Å². The number of halogens is 1. The van der Waals surface area contributed by atoms with Crippen molar-refractivity contribution in [2.75, 3.05) is 17.6 Å². The number of aliphatic imine (C=N–C) groups is 1. The Labute approximate surface area is 91.0 Å². The summed E-state index contributed by atoms with van der Waals surface area (Å²) in [6, 6.07) is 6.16. The lowest BCUT2D eigenvalue weighted by molar-refractivity contribution is 0.624. The van der Waals surface area contributed by atoms with Crippen LogP contribution in [0.5, 0.6) is 0 Å². The Bertz CT molecular complexity index is 450. The van der Waals surface area contributed by atoms with Gasteiger partial charge in [-0.3, -0.25) is 4.99 Å². The van der Waals surface area contributed by atoms with Crippen molar-refractivity contribution in [1.82, 2.24) is 0 Å². The van der Waals surface area contributed by atoms with Crippen LogP contribution in [-0.4, -0.2) is 17.5 Å². The Kier molecular flexibility index (Phi) is 2.88. The van der Waals surface area contributed by atoms with E-state index in [0.29, 0.717) is 5.69 Å². The van der Waals surface area contributed by atoms with Crippen LogP contribution in [0.3, 0.4) is 0 Å². The van der Waals surface area contributed by atoms with Gasteiger partial charge in [0, 0.05) is 11.4 Å². The van der Waals surface area contributed by atoms with E-state index in [-0.39, 0.29) is 5.56 Å². The Morgan fingerprint density at radius 3 is 3.07 bits per heavy atom. The highest BCUT2D eigenvalue weighted by atomic mass is 32.2. The van der Waals surface area contributed by atoms with Crippen LogP contribution in [0.4, 0.5) is 10.1 Å². The van der Waals surface area contributed by atoms with Crippen molar-refractivity contribution < 1.29 is 4.39 Å². The van der Waals surface area contributed by atoms with Gasteiger partial charge in [0.2, 0.25) is 0 Å². The minimum Gasteiger partial charge on any atom is -0.335 e. The van der Waals surface area contributed by atoms with E-state index >= 15 is 0 Å². The number of anilines is 1. The highest BCUT2D eigenvalue weighted by Gasteiger charge is 2.08. The predicted molar refractivity (Wildman–Crippen MR) is 59.5 cm³/mol.